The van der Waals surface area contributed by atoms with E-state index in [0.717, 1.165) is 38.5 Å². The average Bonchev–Trinajstić information content (AvgIpc) is 3.20. The van der Waals surface area contributed by atoms with Gasteiger partial charge in [-0.15, -0.1) is 0 Å². The van der Waals surface area contributed by atoms with Gasteiger partial charge < -0.3 is 29.4 Å². The zero-order valence-electron chi connectivity index (χ0n) is 20.4. The van der Waals surface area contributed by atoms with Gasteiger partial charge in [-0.25, -0.2) is 0 Å². The zero-order chi connectivity index (χ0) is 24.6. The maximum absolute atomic E-state index is 12.5. The number of nitrogens with zero attached hydrogens (tertiary/aromatic N) is 2. The van der Waals surface area contributed by atoms with Crippen LogP contribution in [0, 0.1) is 0 Å². The average molecular weight is 475 g/mol. The fraction of sp³-hybridized carbons (Fsp3) is 0.583. The van der Waals surface area contributed by atoms with Crippen molar-refractivity contribution < 1.29 is 28.3 Å². The van der Waals surface area contributed by atoms with Crippen molar-refractivity contribution in [2.75, 3.05) is 21.3 Å². The normalized spacial score (nSPS) is 15.2. The number of carbonyl (C=O) groups is 2. The largest absolute Gasteiger partial charge is 0.496 e. The first-order valence-electron chi connectivity index (χ1n) is 11.6. The summed E-state index contributed by atoms with van der Waals surface area (Å²) in [5.41, 5.74) is 0.109. The molecule has 10 nitrogen and oxygen atoms in total. The second-order valence-corrected chi connectivity index (χ2v) is 8.48. The van der Waals surface area contributed by atoms with Gasteiger partial charge in [0, 0.05) is 31.9 Å². The number of aromatic nitrogens is 2. The molecule has 2 aromatic rings. The molecule has 3 rings (SSSR count). The fourth-order valence-electron chi connectivity index (χ4n) is 4.37. The molecule has 1 aromatic carbocycles. The van der Waals surface area contributed by atoms with Crippen molar-refractivity contribution in [2.24, 2.45) is 0 Å². The van der Waals surface area contributed by atoms with Gasteiger partial charge >= 0.3 is 0 Å². The number of carbonyl (C=O) groups excluding carboxylic acids is 2. The maximum Gasteiger partial charge on any atom is 0.227 e. The third-order valence-corrected chi connectivity index (χ3v) is 6.11. The van der Waals surface area contributed by atoms with Crippen LogP contribution in [0.5, 0.6) is 17.2 Å². The number of hydrogen-bond donors (Lipinski definition) is 2. The van der Waals surface area contributed by atoms with E-state index < -0.39 is 5.54 Å². The Morgan fingerprint density at radius 1 is 1.03 bits per heavy atom. The van der Waals surface area contributed by atoms with Crippen LogP contribution in [-0.2, 0) is 28.1 Å². The molecular formula is C24H34N4O6. The second kappa shape index (κ2) is 11.7. The molecule has 2 amide bonds. The van der Waals surface area contributed by atoms with Gasteiger partial charge in [-0.05, 0) is 12.8 Å². The molecule has 1 fully saturated rings. The summed E-state index contributed by atoms with van der Waals surface area (Å²) in [6, 6.07) is 3.48. The highest BCUT2D eigenvalue weighted by Gasteiger charge is 2.38. The van der Waals surface area contributed by atoms with Crippen LogP contribution >= 0.6 is 0 Å². The van der Waals surface area contributed by atoms with Gasteiger partial charge in [0.2, 0.25) is 17.7 Å². The quantitative estimate of drug-likeness (QED) is 0.504. The number of rotatable bonds is 10. The van der Waals surface area contributed by atoms with Crippen molar-refractivity contribution in [2.45, 2.75) is 70.4 Å². The van der Waals surface area contributed by atoms with Gasteiger partial charge in [0.1, 0.15) is 22.8 Å². The van der Waals surface area contributed by atoms with Crippen molar-refractivity contribution >= 4 is 11.8 Å². The van der Waals surface area contributed by atoms with Crippen molar-refractivity contribution in [1.29, 1.82) is 0 Å². The van der Waals surface area contributed by atoms with Crippen LogP contribution in [0.4, 0.5) is 0 Å². The van der Waals surface area contributed by atoms with Gasteiger partial charge in [0.15, 0.2) is 5.82 Å². The van der Waals surface area contributed by atoms with E-state index in [1.54, 1.807) is 33.5 Å². The van der Waals surface area contributed by atoms with E-state index in [1.807, 2.05) is 0 Å². The summed E-state index contributed by atoms with van der Waals surface area (Å²) >= 11 is 0. The van der Waals surface area contributed by atoms with Gasteiger partial charge in [0.25, 0.3) is 0 Å². The molecule has 0 unspecified atom stereocenters. The maximum atomic E-state index is 12.5. The molecule has 0 bridgehead atoms. The molecule has 0 spiro atoms. The lowest BCUT2D eigenvalue weighted by Gasteiger charge is -2.30. The minimum atomic E-state index is -0.603. The number of benzene rings is 1. The number of methoxy groups -OCH3 is 3. The van der Waals surface area contributed by atoms with E-state index in [4.69, 9.17) is 18.7 Å². The number of amides is 2. The highest BCUT2D eigenvalue weighted by Crippen LogP contribution is 2.35. The molecule has 10 heteroatoms. The number of nitrogens with one attached hydrogen (secondary N) is 2. The van der Waals surface area contributed by atoms with Crippen molar-refractivity contribution in [3.63, 3.8) is 0 Å². The topological polar surface area (TPSA) is 125 Å². The molecule has 1 aliphatic carbocycles. The van der Waals surface area contributed by atoms with E-state index in [0.29, 0.717) is 40.9 Å². The smallest absolute Gasteiger partial charge is 0.227 e. The Hall–Kier alpha value is -3.30. The molecule has 34 heavy (non-hydrogen) atoms. The minimum Gasteiger partial charge on any atom is -0.496 e. The lowest BCUT2D eigenvalue weighted by Crippen LogP contribution is -2.45. The molecule has 0 saturated heterocycles. The Kier molecular flexibility index (Phi) is 8.72. The van der Waals surface area contributed by atoms with Crippen LogP contribution in [0.2, 0.25) is 0 Å². The molecule has 0 radical (unpaired) electrons. The standard InChI is InChI=1S/C24H34N4O6/c1-16(29)27-24(11-7-5-6-8-12-24)23-26-22(34-28-23)10-9-21(30)25-15-18-19(32-3)13-17(31-2)14-20(18)33-4/h13-14H,5-12,15H2,1-4H3,(H,25,30)(H,27,29). The molecule has 1 heterocycles. The lowest BCUT2D eigenvalue weighted by atomic mass is 9.89. The first-order valence-corrected chi connectivity index (χ1v) is 11.6. The Balaban J connectivity index is 1.62. The third kappa shape index (κ3) is 6.18. The Labute approximate surface area is 199 Å². The minimum absolute atomic E-state index is 0.114. The molecular weight excluding hydrogens is 440 g/mol. The summed E-state index contributed by atoms with van der Waals surface area (Å²) in [6.45, 7) is 1.74. The zero-order valence-corrected chi connectivity index (χ0v) is 20.4. The molecule has 0 aliphatic heterocycles. The van der Waals surface area contributed by atoms with E-state index >= 15 is 0 Å². The predicted molar refractivity (Wildman–Crippen MR) is 124 cm³/mol. The highest BCUT2D eigenvalue weighted by atomic mass is 16.5. The summed E-state index contributed by atoms with van der Waals surface area (Å²) in [5, 5.41) is 10.1. The van der Waals surface area contributed by atoms with Crippen molar-refractivity contribution in [1.82, 2.24) is 20.8 Å². The van der Waals surface area contributed by atoms with Crippen molar-refractivity contribution in [3.8, 4) is 17.2 Å². The van der Waals surface area contributed by atoms with Gasteiger partial charge in [-0.3, -0.25) is 9.59 Å². The first-order chi connectivity index (χ1) is 16.4. The molecule has 1 saturated carbocycles. The monoisotopic (exact) mass is 474 g/mol. The van der Waals surface area contributed by atoms with Crippen LogP contribution in [0.25, 0.3) is 0 Å². The van der Waals surface area contributed by atoms with Crippen LogP contribution < -0.4 is 24.8 Å². The highest BCUT2D eigenvalue weighted by molar-refractivity contribution is 5.76. The van der Waals surface area contributed by atoms with Crippen LogP contribution in [-0.4, -0.2) is 43.3 Å². The Morgan fingerprint density at radius 3 is 2.24 bits per heavy atom. The molecule has 1 aromatic heterocycles. The summed E-state index contributed by atoms with van der Waals surface area (Å²) in [7, 11) is 4.66. The fourth-order valence-corrected chi connectivity index (χ4v) is 4.37. The molecule has 1 aliphatic rings. The lowest BCUT2D eigenvalue weighted by molar-refractivity contribution is -0.122. The Bertz CT molecular complexity index is 957. The number of hydrogen-bond acceptors (Lipinski definition) is 8. The number of aryl methyl sites for hydroxylation is 1. The van der Waals surface area contributed by atoms with E-state index in [1.165, 1.54) is 6.92 Å². The second-order valence-electron chi connectivity index (χ2n) is 8.48. The Morgan fingerprint density at radius 2 is 1.68 bits per heavy atom. The SMILES string of the molecule is COc1cc(OC)c(CNC(=O)CCc2nc(C3(NC(C)=O)CCCCCC3)no2)c(OC)c1. The summed E-state index contributed by atoms with van der Waals surface area (Å²) < 4.78 is 21.5. The van der Waals surface area contributed by atoms with Gasteiger partial charge in [0.05, 0.1) is 33.4 Å². The molecule has 0 atom stereocenters. The predicted octanol–water partition coefficient (Wildman–Crippen LogP) is 3.03. The summed E-state index contributed by atoms with van der Waals surface area (Å²) in [4.78, 5) is 28.9. The molecule has 2 N–H and O–H groups in total. The summed E-state index contributed by atoms with van der Waals surface area (Å²) in [6.07, 6.45) is 6.25. The summed E-state index contributed by atoms with van der Waals surface area (Å²) in [5.74, 6) is 2.30. The third-order valence-electron chi connectivity index (χ3n) is 6.11. The van der Waals surface area contributed by atoms with Crippen LogP contribution in [0.1, 0.15) is 69.1 Å². The number of ether oxygens (including phenoxy) is 3. The van der Waals surface area contributed by atoms with E-state index in [-0.39, 0.29) is 24.8 Å². The van der Waals surface area contributed by atoms with Gasteiger partial charge in [-0.2, -0.15) is 4.98 Å². The van der Waals surface area contributed by atoms with E-state index in [2.05, 4.69) is 20.8 Å². The van der Waals surface area contributed by atoms with Crippen LogP contribution in [0.3, 0.4) is 0 Å². The molecule has 186 valence electrons. The van der Waals surface area contributed by atoms with Gasteiger partial charge in [-0.1, -0.05) is 30.8 Å². The van der Waals surface area contributed by atoms with E-state index in [9.17, 15) is 9.59 Å². The van der Waals surface area contributed by atoms with Crippen molar-refractivity contribution in [3.05, 3.63) is 29.4 Å². The van der Waals surface area contributed by atoms with Crippen LogP contribution in [0.15, 0.2) is 16.7 Å². The first kappa shape index (κ1) is 25.3.